The molecule has 2 aromatic carbocycles. The Kier molecular flexibility index (Phi) is 5.22. The molecule has 5 rings (SSSR count). The zero-order valence-corrected chi connectivity index (χ0v) is 17.9. The van der Waals surface area contributed by atoms with Crippen molar-refractivity contribution in [1.29, 1.82) is 0 Å². The largest absolute Gasteiger partial charge is 0.496 e. The fraction of sp³-hybridized carbons (Fsp3) is 0.240. The Hall–Kier alpha value is -3.51. The van der Waals surface area contributed by atoms with E-state index in [4.69, 9.17) is 4.74 Å². The van der Waals surface area contributed by atoms with Crippen LogP contribution in [0.3, 0.4) is 0 Å². The number of aromatic amines is 1. The van der Waals surface area contributed by atoms with Crippen molar-refractivity contribution in [1.82, 2.24) is 14.9 Å². The molecule has 0 saturated carbocycles. The Balaban J connectivity index is 1.40. The average Bonchev–Trinajstić information content (AvgIpc) is 3.25. The summed E-state index contributed by atoms with van der Waals surface area (Å²) in [5, 5.41) is 4.54. The molecule has 1 saturated heterocycles. The first-order valence-electron chi connectivity index (χ1n) is 10.6. The Morgan fingerprint density at radius 2 is 1.74 bits per heavy atom. The van der Waals surface area contributed by atoms with Crippen LogP contribution in [0, 0.1) is 0 Å². The van der Waals surface area contributed by atoms with Crippen molar-refractivity contribution in [2.75, 3.05) is 50.6 Å². The maximum atomic E-state index is 5.53. The SMILES string of the molecule is COc1ccccc1-c1cc2c(Nc3ccc(N4CCN(C)CC4)cc3)nccc2[nH]1. The van der Waals surface area contributed by atoms with E-state index in [0.29, 0.717) is 0 Å². The number of anilines is 3. The van der Waals surface area contributed by atoms with Crippen molar-refractivity contribution in [2.45, 2.75) is 0 Å². The molecule has 4 aromatic rings. The summed E-state index contributed by atoms with van der Waals surface area (Å²) >= 11 is 0. The highest BCUT2D eigenvalue weighted by molar-refractivity contribution is 5.95. The van der Waals surface area contributed by atoms with Crippen LogP contribution in [0.2, 0.25) is 0 Å². The molecule has 3 heterocycles. The van der Waals surface area contributed by atoms with Gasteiger partial charge in [-0.25, -0.2) is 4.98 Å². The number of para-hydroxylation sites is 1. The van der Waals surface area contributed by atoms with E-state index in [-0.39, 0.29) is 0 Å². The molecule has 0 spiro atoms. The topological polar surface area (TPSA) is 56.4 Å². The lowest BCUT2D eigenvalue weighted by Gasteiger charge is -2.34. The molecule has 0 bridgehead atoms. The van der Waals surface area contributed by atoms with Gasteiger partial charge < -0.3 is 24.8 Å². The second-order valence-corrected chi connectivity index (χ2v) is 7.97. The van der Waals surface area contributed by atoms with Gasteiger partial charge in [-0.2, -0.15) is 0 Å². The van der Waals surface area contributed by atoms with Gasteiger partial charge in [-0.1, -0.05) is 12.1 Å². The average molecular weight is 414 g/mol. The molecule has 0 radical (unpaired) electrons. The number of H-pyrrole nitrogens is 1. The summed E-state index contributed by atoms with van der Waals surface area (Å²) in [5.41, 5.74) is 5.37. The molecule has 2 aromatic heterocycles. The predicted molar refractivity (Wildman–Crippen MR) is 128 cm³/mol. The molecule has 0 unspecified atom stereocenters. The van der Waals surface area contributed by atoms with Crippen LogP contribution in [-0.4, -0.2) is 55.2 Å². The number of pyridine rings is 1. The Labute approximate surface area is 182 Å². The first-order valence-corrected chi connectivity index (χ1v) is 10.6. The van der Waals surface area contributed by atoms with Crippen molar-refractivity contribution in [3.8, 4) is 17.0 Å². The van der Waals surface area contributed by atoms with Crippen LogP contribution in [0.4, 0.5) is 17.2 Å². The number of rotatable bonds is 5. The van der Waals surface area contributed by atoms with Crippen LogP contribution in [-0.2, 0) is 0 Å². The summed E-state index contributed by atoms with van der Waals surface area (Å²) in [5.74, 6) is 1.68. The molecule has 6 heteroatoms. The van der Waals surface area contributed by atoms with E-state index in [1.165, 1.54) is 5.69 Å². The van der Waals surface area contributed by atoms with Crippen LogP contribution in [0.1, 0.15) is 0 Å². The summed E-state index contributed by atoms with van der Waals surface area (Å²) in [6.45, 7) is 4.35. The normalized spacial score (nSPS) is 14.7. The maximum absolute atomic E-state index is 5.53. The van der Waals surface area contributed by atoms with Gasteiger partial charge in [0.15, 0.2) is 0 Å². The van der Waals surface area contributed by atoms with Crippen LogP contribution >= 0.6 is 0 Å². The molecule has 31 heavy (non-hydrogen) atoms. The number of fused-ring (bicyclic) bond motifs is 1. The molecule has 1 aliphatic rings. The number of hydrogen-bond donors (Lipinski definition) is 2. The maximum Gasteiger partial charge on any atom is 0.139 e. The fourth-order valence-electron chi connectivity index (χ4n) is 4.12. The van der Waals surface area contributed by atoms with E-state index < -0.39 is 0 Å². The molecular weight excluding hydrogens is 386 g/mol. The third-order valence-corrected chi connectivity index (χ3v) is 5.94. The highest BCUT2D eigenvalue weighted by Crippen LogP contribution is 2.34. The highest BCUT2D eigenvalue weighted by Gasteiger charge is 2.15. The summed E-state index contributed by atoms with van der Waals surface area (Å²) < 4.78 is 5.53. The number of methoxy groups -OCH3 is 1. The molecule has 1 aliphatic heterocycles. The first-order chi connectivity index (χ1) is 15.2. The summed E-state index contributed by atoms with van der Waals surface area (Å²) in [7, 11) is 3.88. The van der Waals surface area contributed by atoms with E-state index in [1.807, 2.05) is 30.5 Å². The number of benzene rings is 2. The van der Waals surface area contributed by atoms with Gasteiger partial charge in [0, 0.05) is 54.7 Å². The lowest BCUT2D eigenvalue weighted by molar-refractivity contribution is 0.313. The number of hydrogen-bond acceptors (Lipinski definition) is 5. The van der Waals surface area contributed by atoms with E-state index in [1.54, 1.807) is 7.11 Å². The number of nitrogens with zero attached hydrogens (tertiary/aromatic N) is 3. The van der Waals surface area contributed by atoms with E-state index >= 15 is 0 Å². The third kappa shape index (κ3) is 3.94. The van der Waals surface area contributed by atoms with Crippen molar-refractivity contribution in [3.05, 3.63) is 66.9 Å². The number of aromatic nitrogens is 2. The number of nitrogens with one attached hydrogen (secondary N) is 2. The van der Waals surface area contributed by atoms with Gasteiger partial charge in [0.2, 0.25) is 0 Å². The standard InChI is InChI=1S/C25H27N5O/c1-29-13-15-30(16-14-29)19-9-7-18(8-10-19)27-25-21-17-23(28-22(21)11-12-26-25)20-5-3-4-6-24(20)31-2/h3-12,17,28H,13-16H2,1-2H3,(H,26,27). The van der Waals surface area contributed by atoms with Crippen LogP contribution in [0.15, 0.2) is 66.9 Å². The number of likely N-dealkylation sites (N-methyl/N-ethyl adjacent to an activating group) is 1. The van der Waals surface area contributed by atoms with E-state index in [9.17, 15) is 0 Å². The van der Waals surface area contributed by atoms with Gasteiger partial charge in [-0.15, -0.1) is 0 Å². The third-order valence-electron chi connectivity index (χ3n) is 5.94. The molecule has 0 atom stereocenters. The van der Waals surface area contributed by atoms with Crippen LogP contribution in [0.25, 0.3) is 22.2 Å². The Morgan fingerprint density at radius 1 is 0.968 bits per heavy atom. The molecule has 158 valence electrons. The minimum absolute atomic E-state index is 0.835. The fourth-order valence-corrected chi connectivity index (χ4v) is 4.12. The van der Waals surface area contributed by atoms with Gasteiger partial charge in [0.1, 0.15) is 11.6 Å². The smallest absolute Gasteiger partial charge is 0.139 e. The van der Waals surface area contributed by atoms with Gasteiger partial charge in [0.25, 0.3) is 0 Å². The van der Waals surface area contributed by atoms with Crippen molar-refractivity contribution in [2.24, 2.45) is 0 Å². The quantitative estimate of drug-likeness (QED) is 0.495. The van der Waals surface area contributed by atoms with Crippen LogP contribution < -0.4 is 15.0 Å². The lowest BCUT2D eigenvalue weighted by Crippen LogP contribution is -2.44. The monoisotopic (exact) mass is 413 g/mol. The van der Waals surface area contributed by atoms with E-state index in [0.717, 1.165) is 65.6 Å². The summed E-state index contributed by atoms with van der Waals surface area (Å²) in [6.07, 6.45) is 1.83. The first kappa shape index (κ1) is 19.5. The van der Waals surface area contributed by atoms with Crippen LogP contribution in [0.5, 0.6) is 5.75 Å². The minimum Gasteiger partial charge on any atom is -0.496 e. The predicted octanol–water partition coefficient (Wildman–Crippen LogP) is 4.73. The number of piperazine rings is 1. The molecule has 2 N–H and O–H groups in total. The molecule has 0 amide bonds. The van der Waals surface area contributed by atoms with Crippen molar-refractivity contribution >= 4 is 28.1 Å². The molecule has 1 fully saturated rings. The lowest BCUT2D eigenvalue weighted by atomic mass is 10.1. The van der Waals surface area contributed by atoms with Gasteiger partial charge in [0.05, 0.1) is 18.3 Å². The minimum atomic E-state index is 0.835. The highest BCUT2D eigenvalue weighted by atomic mass is 16.5. The zero-order chi connectivity index (χ0) is 21.2. The molecular formula is C25H27N5O. The van der Waals surface area contributed by atoms with Gasteiger partial charge in [-0.3, -0.25) is 0 Å². The van der Waals surface area contributed by atoms with Crippen molar-refractivity contribution in [3.63, 3.8) is 0 Å². The van der Waals surface area contributed by atoms with Gasteiger partial charge in [-0.05, 0) is 55.6 Å². The second-order valence-electron chi connectivity index (χ2n) is 7.97. The Bertz CT molecular complexity index is 1180. The van der Waals surface area contributed by atoms with E-state index in [2.05, 4.69) is 68.5 Å². The molecule has 0 aliphatic carbocycles. The Morgan fingerprint density at radius 3 is 2.52 bits per heavy atom. The molecule has 6 nitrogen and oxygen atoms in total. The zero-order valence-electron chi connectivity index (χ0n) is 17.9. The summed E-state index contributed by atoms with van der Waals surface area (Å²) in [6, 6.07) is 20.8. The van der Waals surface area contributed by atoms with Gasteiger partial charge >= 0.3 is 0 Å². The second kappa shape index (κ2) is 8.32. The summed E-state index contributed by atoms with van der Waals surface area (Å²) in [4.78, 5) is 12.9. The van der Waals surface area contributed by atoms with Crippen molar-refractivity contribution < 1.29 is 4.74 Å². The number of ether oxygens (including phenoxy) is 1.